The number of likely N-dealkylation sites (N-methyl/N-ethyl adjacent to an activating group) is 1. The second kappa shape index (κ2) is 9.83. The quantitative estimate of drug-likeness (QED) is 0.538. The van der Waals surface area contributed by atoms with Gasteiger partial charge in [0, 0.05) is 29.6 Å². The summed E-state index contributed by atoms with van der Waals surface area (Å²) in [5.74, 6) is 1.12. The Morgan fingerprint density at radius 2 is 1.85 bits per heavy atom. The molecule has 1 aliphatic heterocycles. The molecule has 0 aromatic heterocycles. The number of nitrogens with zero attached hydrogens (tertiary/aromatic N) is 1. The minimum atomic E-state index is -0.215. The summed E-state index contributed by atoms with van der Waals surface area (Å²) in [5, 5.41) is 2.92. The number of carbonyl (C=O) groups excluding carboxylic acids is 2. The first-order chi connectivity index (χ1) is 16.0. The van der Waals surface area contributed by atoms with Gasteiger partial charge in [-0.15, -0.1) is 0 Å². The Morgan fingerprint density at radius 3 is 2.64 bits per heavy atom. The van der Waals surface area contributed by atoms with Gasteiger partial charge >= 0.3 is 0 Å². The molecule has 0 saturated heterocycles. The second-order valence-corrected chi connectivity index (χ2v) is 8.51. The van der Waals surface area contributed by atoms with Gasteiger partial charge < -0.3 is 19.7 Å². The van der Waals surface area contributed by atoms with E-state index < -0.39 is 0 Å². The SMILES string of the molecule is COc1cccc(C=C2Sc3ccc(C(=O)NCc4ccccc4OC)cc3N(C)C2=O)c1. The van der Waals surface area contributed by atoms with E-state index in [2.05, 4.69) is 5.32 Å². The minimum Gasteiger partial charge on any atom is -0.497 e. The molecule has 2 amide bonds. The molecule has 0 aliphatic carbocycles. The number of benzene rings is 3. The van der Waals surface area contributed by atoms with Crippen LogP contribution in [0.15, 0.2) is 76.5 Å². The number of fused-ring (bicyclic) bond motifs is 1. The smallest absolute Gasteiger partial charge is 0.264 e. The van der Waals surface area contributed by atoms with Crippen molar-refractivity contribution in [1.82, 2.24) is 5.32 Å². The number of methoxy groups -OCH3 is 2. The number of amides is 2. The lowest BCUT2D eigenvalue weighted by atomic mass is 10.1. The molecule has 0 bridgehead atoms. The molecule has 0 atom stereocenters. The zero-order valence-corrected chi connectivity index (χ0v) is 19.4. The molecule has 6 nitrogen and oxygen atoms in total. The van der Waals surface area contributed by atoms with Crippen molar-refractivity contribution in [3.05, 3.63) is 88.3 Å². The van der Waals surface area contributed by atoms with Crippen molar-refractivity contribution in [2.75, 3.05) is 26.2 Å². The normalized spacial score (nSPS) is 14.1. The molecule has 33 heavy (non-hydrogen) atoms. The van der Waals surface area contributed by atoms with Crippen LogP contribution in [0.3, 0.4) is 0 Å². The summed E-state index contributed by atoms with van der Waals surface area (Å²) in [5.41, 5.74) is 2.97. The summed E-state index contributed by atoms with van der Waals surface area (Å²) in [6.45, 7) is 0.344. The molecule has 1 aliphatic rings. The monoisotopic (exact) mass is 460 g/mol. The molecule has 0 unspecified atom stereocenters. The third-order valence-corrected chi connectivity index (χ3v) is 6.42. The molecule has 1 N–H and O–H groups in total. The Bertz CT molecular complexity index is 1240. The maximum Gasteiger partial charge on any atom is 0.264 e. The summed E-state index contributed by atoms with van der Waals surface area (Å²) < 4.78 is 10.6. The highest BCUT2D eigenvalue weighted by Gasteiger charge is 2.27. The van der Waals surface area contributed by atoms with Gasteiger partial charge in [-0.3, -0.25) is 9.59 Å². The van der Waals surface area contributed by atoms with Gasteiger partial charge in [0.15, 0.2) is 0 Å². The van der Waals surface area contributed by atoms with Crippen molar-refractivity contribution in [2.45, 2.75) is 11.4 Å². The Kier molecular flexibility index (Phi) is 6.70. The van der Waals surface area contributed by atoms with E-state index >= 15 is 0 Å². The van der Waals surface area contributed by atoms with Crippen molar-refractivity contribution >= 4 is 35.3 Å². The molecule has 1 heterocycles. The predicted molar refractivity (Wildman–Crippen MR) is 131 cm³/mol. The number of nitrogens with one attached hydrogen (secondary N) is 1. The van der Waals surface area contributed by atoms with Crippen molar-refractivity contribution < 1.29 is 19.1 Å². The van der Waals surface area contributed by atoms with E-state index in [4.69, 9.17) is 9.47 Å². The van der Waals surface area contributed by atoms with Crippen LogP contribution in [0.1, 0.15) is 21.5 Å². The van der Waals surface area contributed by atoms with Crippen LogP contribution in [0.4, 0.5) is 5.69 Å². The standard InChI is InChI=1S/C26H24N2O4S/c1-28-21-15-18(25(29)27-16-19-8-4-5-10-22(19)32-3)11-12-23(21)33-24(26(28)30)14-17-7-6-9-20(13-17)31-2/h4-15H,16H2,1-3H3,(H,27,29). The first-order valence-electron chi connectivity index (χ1n) is 10.4. The van der Waals surface area contributed by atoms with Gasteiger partial charge in [0.05, 0.1) is 24.8 Å². The number of carbonyl (C=O) groups is 2. The number of para-hydroxylation sites is 1. The van der Waals surface area contributed by atoms with Gasteiger partial charge in [-0.2, -0.15) is 0 Å². The van der Waals surface area contributed by atoms with Crippen LogP contribution < -0.4 is 19.7 Å². The van der Waals surface area contributed by atoms with Gasteiger partial charge in [-0.25, -0.2) is 0 Å². The van der Waals surface area contributed by atoms with E-state index in [0.717, 1.165) is 27.5 Å². The molecule has 3 aromatic rings. The fourth-order valence-electron chi connectivity index (χ4n) is 3.54. The predicted octanol–water partition coefficient (Wildman–Crippen LogP) is 4.74. The van der Waals surface area contributed by atoms with Crippen molar-refractivity contribution in [1.29, 1.82) is 0 Å². The number of hydrogen-bond acceptors (Lipinski definition) is 5. The third-order valence-electron chi connectivity index (χ3n) is 5.34. The van der Waals surface area contributed by atoms with Crippen LogP contribution in [0.25, 0.3) is 6.08 Å². The van der Waals surface area contributed by atoms with Crippen molar-refractivity contribution in [2.24, 2.45) is 0 Å². The highest BCUT2D eigenvalue weighted by Crippen LogP contribution is 2.42. The Balaban J connectivity index is 1.53. The highest BCUT2D eigenvalue weighted by atomic mass is 32.2. The molecular weight excluding hydrogens is 436 g/mol. The second-order valence-electron chi connectivity index (χ2n) is 7.43. The molecule has 0 spiro atoms. The molecule has 7 heteroatoms. The average molecular weight is 461 g/mol. The summed E-state index contributed by atoms with van der Waals surface area (Å²) in [4.78, 5) is 28.9. The number of anilines is 1. The van der Waals surface area contributed by atoms with Gasteiger partial charge in [-0.1, -0.05) is 42.1 Å². The van der Waals surface area contributed by atoms with Gasteiger partial charge in [0.25, 0.3) is 11.8 Å². The van der Waals surface area contributed by atoms with Gasteiger partial charge in [-0.05, 0) is 48.0 Å². The summed E-state index contributed by atoms with van der Waals surface area (Å²) in [6.07, 6.45) is 1.85. The largest absolute Gasteiger partial charge is 0.497 e. The summed E-state index contributed by atoms with van der Waals surface area (Å²) >= 11 is 1.39. The maximum atomic E-state index is 13.0. The Morgan fingerprint density at radius 1 is 1.03 bits per heavy atom. The summed E-state index contributed by atoms with van der Waals surface area (Å²) in [7, 11) is 4.93. The molecule has 3 aromatic carbocycles. The molecule has 168 valence electrons. The first-order valence-corrected chi connectivity index (χ1v) is 11.2. The van der Waals surface area contributed by atoms with Crippen molar-refractivity contribution in [3.63, 3.8) is 0 Å². The van der Waals surface area contributed by atoms with Crippen molar-refractivity contribution in [3.8, 4) is 11.5 Å². The van der Waals surface area contributed by atoms with E-state index in [1.54, 1.807) is 38.3 Å². The molecular formula is C26H24N2O4S. The summed E-state index contributed by atoms with van der Waals surface area (Å²) in [6, 6.07) is 20.5. The number of rotatable bonds is 6. The zero-order valence-electron chi connectivity index (χ0n) is 18.6. The Hall–Kier alpha value is -3.71. The molecule has 0 saturated carbocycles. The van der Waals surface area contributed by atoms with E-state index in [9.17, 15) is 9.59 Å². The van der Waals surface area contributed by atoms with Crippen LogP contribution >= 0.6 is 11.8 Å². The number of ether oxygens (including phenoxy) is 2. The highest BCUT2D eigenvalue weighted by molar-refractivity contribution is 8.04. The van der Waals surface area contributed by atoms with Crippen LogP contribution in [-0.4, -0.2) is 33.1 Å². The molecule has 0 fully saturated rings. The van der Waals surface area contributed by atoms with E-state index in [1.807, 2.05) is 60.7 Å². The fraction of sp³-hybridized carbons (Fsp3) is 0.154. The van der Waals surface area contributed by atoms with E-state index in [1.165, 1.54) is 11.8 Å². The third kappa shape index (κ3) is 4.88. The Labute approximate surface area is 197 Å². The zero-order chi connectivity index (χ0) is 23.4. The van der Waals surface area contributed by atoms with Gasteiger partial charge in [0.2, 0.25) is 0 Å². The minimum absolute atomic E-state index is 0.123. The maximum absolute atomic E-state index is 13.0. The van der Waals surface area contributed by atoms with Gasteiger partial charge in [0.1, 0.15) is 11.5 Å². The topological polar surface area (TPSA) is 67.9 Å². The number of hydrogen-bond donors (Lipinski definition) is 1. The average Bonchev–Trinajstić information content (AvgIpc) is 2.85. The molecule has 4 rings (SSSR count). The lowest BCUT2D eigenvalue weighted by Gasteiger charge is -2.27. The van der Waals surface area contributed by atoms with Crippen LogP contribution in [0.5, 0.6) is 11.5 Å². The molecule has 0 radical (unpaired) electrons. The lowest BCUT2D eigenvalue weighted by molar-refractivity contribution is -0.114. The lowest BCUT2D eigenvalue weighted by Crippen LogP contribution is -2.31. The first kappa shape index (κ1) is 22.5. The number of thioether (sulfide) groups is 1. The van der Waals surface area contributed by atoms with Crippen LogP contribution in [0, 0.1) is 0 Å². The van der Waals surface area contributed by atoms with E-state index in [0.29, 0.717) is 22.7 Å². The van der Waals surface area contributed by atoms with Crippen LogP contribution in [-0.2, 0) is 11.3 Å². The van der Waals surface area contributed by atoms with E-state index in [-0.39, 0.29) is 11.8 Å². The van der Waals surface area contributed by atoms with Crippen LogP contribution in [0.2, 0.25) is 0 Å². The fourth-order valence-corrected chi connectivity index (χ4v) is 4.64.